The van der Waals surface area contributed by atoms with Gasteiger partial charge in [0.25, 0.3) is 5.91 Å². The Kier molecular flexibility index (Phi) is 5.61. The number of nitrogens with zero attached hydrogens (tertiary/aromatic N) is 4. The van der Waals surface area contributed by atoms with Crippen molar-refractivity contribution >= 4 is 29.1 Å². The average molecular weight is 488 g/mol. The minimum Gasteiger partial charge on any atom is -0.369 e. The van der Waals surface area contributed by atoms with E-state index in [1.54, 1.807) is 37.3 Å². The number of carbonyl (C=O) groups excluding carboxylic acids is 2. The summed E-state index contributed by atoms with van der Waals surface area (Å²) in [6, 6.07) is 9.47. The zero-order chi connectivity index (χ0) is 24.7. The van der Waals surface area contributed by atoms with Gasteiger partial charge in [-0.2, -0.15) is 0 Å². The quantitative estimate of drug-likeness (QED) is 0.575. The fourth-order valence-electron chi connectivity index (χ4n) is 4.65. The molecule has 4 heterocycles. The van der Waals surface area contributed by atoms with Crippen LogP contribution in [-0.4, -0.2) is 52.7 Å². The molecule has 2 aliphatic heterocycles. The number of aliphatic imine (C=N–C) groups is 1. The maximum atomic E-state index is 13.8. The molecule has 0 spiro atoms. The number of aromatic nitrogens is 1. The van der Waals surface area contributed by atoms with Crippen molar-refractivity contribution in [2.75, 3.05) is 20.1 Å². The van der Waals surface area contributed by atoms with E-state index < -0.39 is 17.3 Å². The van der Waals surface area contributed by atoms with Crippen LogP contribution in [0.5, 0.6) is 0 Å². The van der Waals surface area contributed by atoms with Gasteiger partial charge in [0.05, 0.1) is 12.5 Å². The summed E-state index contributed by atoms with van der Waals surface area (Å²) in [6.45, 7) is 2.09. The molecule has 2 aromatic heterocycles. The maximum absolute atomic E-state index is 13.8. The normalized spacial score (nSPS) is 21.3. The number of guanidine groups is 1. The van der Waals surface area contributed by atoms with Crippen LogP contribution in [0.3, 0.4) is 0 Å². The van der Waals surface area contributed by atoms with Gasteiger partial charge in [0.1, 0.15) is 11.4 Å². The van der Waals surface area contributed by atoms with Crippen molar-refractivity contribution in [3.8, 4) is 23.0 Å². The summed E-state index contributed by atoms with van der Waals surface area (Å²) < 4.78 is 13.8. The van der Waals surface area contributed by atoms with Gasteiger partial charge >= 0.3 is 0 Å². The van der Waals surface area contributed by atoms with Crippen LogP contribution in [0.25, 0.3) is 11.1 Å². The molecule has 0 aliphatic carbocycles. The van der Waals surface area contributed by atoms with Crippen LogP contribution in [0.4, 0.5) is 4.39 Å². The van der Waals surface area contributed by atoms with Gasteiger partial charge in [-0.3, -0.25) is 19.5 Å². The Balaban J connectivity index is 1.56. The second-order valence-corrected chi connectivity index (χ2v) is 9.49. The first-order valence-electron chi connectivity index (χ1n) is 11.0. The first-order chi connectivity index (χ1) is 16.8. The van der Waals surface area contributed by atoms with Crippen LogP contribution in [0, 0.1) is 23.6 Å². The number of likely N-dealkylation sites (tertiary alicyclic amines) is 1. The third kappa shape index (κ3) is 3.86. The van der Waals surface area contributed by atoms with E-state index in [0.717, 1.165) is 21.6 Å². The summed E-state index contributed by atoms with van der Waals surface area (Å²) >= 11 is 1.46. The second-order valence-electron chi connectivity index (χ2n) is 8.58. The molecule has 35 heavy (non-hydrogen) atoms. The molecule has 2 amide bonds. The van der Waals surface area contributed by atoms with Gasteiger partial charge in [-0.25, -0.2) is 9.38 Å². The first kappa shape index (κ1) is 22.7. The Labute approximate surface area is 206 Å². The summed E-state index contributed by atoms with van der Waals surface area (Å²) in [5.74, 6) is 4.32. The van der Waals surface area contributed by atoms with Gasteiger partial charge in [0.15, 0.2) is 5.96 Å². The predicted molar refractivity (Wildman–Crippen MR) is 132 cm³/mol. The predicted octanol–water partition coefficient (Wildman–Crippen LogP) is 3.07. The van der Waals surface area contributed by atoms with Gasteiger partial charge in [0, 0.05) is 47.6 Å². The molecule has 1 saturated heterocycles. The molecule has 5 rings (SSSR count). The van der Waals surface area contributed by atoms with Crippen LogP contribution in [0.1, 0.15) is 27.7 Å². The lowest BCUT2D eigenvalue weighted by Crippen LogP contribution is -2.54. The van der Waals surface area contributed by atoms with Crippen molar-refractivity contribution < 1.29 is 14.0 Å². The van der Waals surface area contributed by atoms with E-state index in [0.29, 0.717) is 0 Å². The topological polar surface area (TPSA) is 91.9 Å². The molecule has 2 N–H and O–H groups in total. The molecule has 7 nitrogen and oxygen atoms in total. The molecule has 1 fully saturated rings. The number of pyridine rings is 1. The van der Waals surface area contributed by atoms with Crippen molar-refractivity contribution in [3.05, 3.63) is 76.0 Å². The monoisotopic (exact) mass is 487 g/mol. The highest BCUT2D eigenvalue weighted by Crippen LogP contribution is 2.47. The summed E-state index contributed by atoms with van der Waals surface area (Å²) in [5.41, 5.74) is 7.97. The van der Waals surface area contributed by atoms with Gasteiger partial charge < -0.3 is 10.6 Å². The Morgan fingerprint density at radius 1 is 1.26 bits per heavy atom. The molecule has 2 aliphatic rings. The summed E-state index contributed by atoms with van der Waals surface area (Å²) in [7, 11) is 1.58. The van der Waals surface area contributed by atoms with Gasteiger partial charge in [-0.1, -0.05) is 12.0 Å². The maximum Gasteiger partial charge on any atom is 0.254 e. The van der Waals surface area contributed by atoms with Crippen molar-refractivity contribution in [3.63, 3.8) is 0 Å². The lowest BCUT2D eigenvalue weighted by Gasteiger charge is -2.36. The van der Waals surface area contributed by atoms with E-state index in [1.807, 2.05) is 17.5 Å². The number of benzene rings is 1. The van der Waals surface area contributed by atoms with E-state index in [2.05, 4.69) is 16.8 Å². The van der Waals surface area contributed by atoms with E-state index in [-0.39, 0.29) is 36.4 Å². The van der Waals surface area contributed by atoms with Crippen LogP contribution in [0.2, 0.25) is 0 Å². The Hall–Kier alpha value is -4.03. The van der Waals surface area contributed by atoms with Gasteiger partial charge in [0.2, 0.25) is 5.91 Å². The number of hydrogen-bond acceptors (Lipinski definition) is 6. The fourth-order valence-corrected chi connectivity index (χ4v) is 5.76. The smallest absolute Gasteiger partial charge is 0.254 e. The SMILES string of the molecule is CC#Cc1cncc(-c2csc([C@]34CN(C(=O)c5cccc(F)c5)C[C@H]3C(=O)N(C)C(N)=N4)c2)c1. The van der Waals surface area contributed by atoms with Crippen LogP contribution in [-0.2, 0) is 10.3 Å². The number of halogens is 1. The third-order valence-corrected chi connectivity index (χ3v) is 7.52. The molecular formula is C26H22FN5O2S. The molecule has 0 radical (unpaired) electrons. The second kappa shape index (κ2) is 8.64. The van der Waals surface area contributed by atoms with E-state index in [4.69, 9.17) is 10.7 Å². The number of rotatable bonds is 3. The summed E-state index contributed by atoms with van der Waals surface area (Å²) in [5, 5.41) is 1.98. The minimum atomic E-state index is -1.02. The van der Waals surface area contributed by atoms with E-state index in [1.165, 1.54) is 34.4 Å². The highest BCUT2D eigenvalue weighted by atomic mass is 32.1. The van der Waals surface area contributed by atoms with Crippen molar-refractivity contribution in [2.24, 2.45) is 16.6 Å². The number of nitrogens with two attached hydrogens (primary N) is 1. The molecule has 0 saturated carbocycles. The number of amides is 2. The largest absolute Gasteiger partial charge is 0.369 e. The van der Waals surface area contributed by atoms with Crippen LogP contribution in [0.15, 0.2) is 59.2 Å². The lowest BCUT2D eigenvalue weighted by atomic mass is 9.83. The highest BCUT2D eigenvalue weighted by molar-refractivity contribution is 7.10. The highest BCUT2D eigenvalue weighted by Gasteiger charge is 2.57. The molecule has 9 heteroatoms. The standard InChI is InChI=1S/C26H22FN5O2S/c1-3-5-16-8-18(12-29-11-16)19-10-22(35-14-19)26-15-32(23(33)17-6-4-7-20(27)9-17)13-21(26)24(34)31(2)25(28)30-26/h4,6-12,14,21H,13,15H2,1-2H3,(H2,28,30)/t21-,26-/m0/s1. The number of hydrogen-bond donors (Lipinski definition) is 1. The van der Waals surface area contributed by atoms with Crippen molar-refractivity contribution in [1.29, 1.82) is 0 Å². The Morgan fingerprint density at radius 2 is 2.09 bits per heavy atom. The minimum absolute atomic E-state index is 0.100. The molecular weight excluding hydrogens is 465 g/mol. The summed E-state index contributed by atoms with van der Waals surface area (Å²) in [6.07, 6.45) is 3.46. The molecule has 1 aromatic carbocycles. The lowest BCUT2D eigenvalue weighted by molar-refractivity contribution is -0.132. The fraction of sp³-hybridized carbons (Fsp3) is 0.231. The average Bonchev–Trinajstić information content (AvgIpc) is 3.49. The summed E-state index contributed by atoms with van der Waals surface area (Å²) in [4.78, 5) is 39.3. The van der Waals surface area contributed by atoms with Gasteiger partial charge in [-0.05, 0) is 48.2 Å². The zero-order valence-electron chi connectivity index (χ0n) is 19.2. The number of carbonyl (C=O) groups is 2. The third-order valence-electron chi connectivity index (χ3n) is 6.42. The Morgan fingerprint density at radius 3 is 2.86 bits per heavy atom. The molecule has 0 bridgehead atoms. The Bertz CT molecular complexity index is 1440. The van der Waals surface area contributed by atoms with Crippen LogP contribution < -0.4 is 5.73 Å². The zero-order valence-corrected chi connectivity index (χ0v) is 20.0. The van der Waals surface area contributed by atoms with Gasteiger partial charge in [-0.15, -0.1) is 17.3 Å². The molecule has 3 aromatic rings. The molecule has 0 unspecified atom stereocenters. The van der Waals surface area contributed by atoms with Crippen molar-refractivity contribution in [2.45, 2.75) is 12.5 Å². The van der Waals surface area contributed by atoms with E-state index >= 15 is 0 Å². The number of fused-ring (bicyclic) bond motifs is 1. The van der Waals surface area contributed by atoms with Crippen molar-refractivity contribution in [1.82, 2.24) is 14.8 Å². The van der Waals surface area contributed by atoms with E-state index in [9.17, 15) is 14.0 Å². The first-order valence-corrected chi connectivity index (χ1v) is 11.9. The van der Waals surface area contributed by atoms with Crippen LogP contribution >= 0.6 is 11.3 Å². The molecule has 2 atom stereocenters. The number of thiophene rings is 1. The molecule has 176 valence electrons.